The van der Waals surface area contributed by atoms with Crippen LogP contribution in [0.5, 0.6) is 5.75 Å². The van der Waals surface area contributed by atoms with Gasteiger partial charge in [0.1, 0.15) is 5.75 Å². The minimum Gasteiger partial charge on any atom is -0.494 e. The number of carbonyl (C=O) groups excluding carboxylic acids is 1. The van der Waals surface area contributed by atoms with E-state index in [0.29, 0.717) is 12.5 Å². The number of aromatic nitrogens is 3. The van der Waals surface area contributed by atoms with Gasteiger partial charge in [0, 0.05) is 28.9 Å². The van der Waals surface area contributed by atoms with E-state index in [4.69, 9.17) is 9.26 Å². The van der Waals surface area contributed by atoms with E-state index in [2.05, 4.69) is 15.5 Å². The Hall–Kier alpha value is -3.13. The molecule has 0 bridgehead atoms. The van der Waals surface area contributed by atoms with Crippen molar-refractivity contribution in [1.29, 1.82) is 0 Å². The number of benzene rings is 1. The molecule has 4 aromatic rings. The van der Waals surface area contributed by atoms with Crippen LogP contribution in [0, 0.1) is 6.92 Å². The zero-order chi connectivity index (χ0) is 18.8. The highest BCUT2D eigenvalue weighted by Gasteiger charge is 2.14. The molecule has 0 radical (unpaired) electrons. The van der Waals surface area contributed by atoms with E-state index in [0.717, 1.165) is 33.4 Å². The van der Waals surface area contributed by atoms with Gasteiger partial charge in [0.05, 0.1) is 24.4 Å². The number of aryl methyl sites for hydroxylation is 1. The number of anilines is 1. The smallest absolute Gasteiger partial charge is 0.232 e. The van der Waals surface area contributed by atoms with Gasteiger partial charge in [-0.25, -0.2) is 4.98 Å². The maximum Gasteiger partial charge on any atom is 0.232 e. The first-order valence-corrected chi connectivity index (χ1v) is 9.42. The largest absolute Gasteiger partial charge is 0.494 e. The topological polar surface area (TPSA) is 81.7 Å². The number of rotatable bonds is 6. The van der Waals surface area contributed by atoms with Crippen LogP contribution in [-0.4, -0.2) is 27.1 Å². The summed E-state index contributed by atoms with van der Waals surface area (Å²) in [5.74, 6) is 1.02. The molecule has 0 aliphatic rings. The third-order valence-corrected chi connectivity index (χ3v) is 4.87. The van der Waals surface area contributed by atoms with E-state index in [9.17, 15) is 4.79 Å². The van der Waals surface area contributed by atoms with Gasteiger partial charge >= 0.3 is 0 Å². The summed E-state index contributed by atoms with van der Waals surface area (Å²) in [6, 6.07) is 9.51. The van der Waals surface area contributed by atoms with Crippen LogP contribution in [0.4, 0.5) is 5.88 Å². The Morgan fingerprint density at radius 1 is 1.33 bits per heavy atom. The molecular formula is C19H18N4O3S. The second kappa shape index (κ2) is 7.24. The van der Waals surface area contributed by atoms with Crippen molar-refractivity contribution in [3.8, 4) is 17.0 Å². The zero-order valence-electron chi connectivity index (χ0n) is 14.9. The average Bonchev–Trinajstić information content (AvgIpc) is 3.34. The highest BCUT2D eigenvalue weighted by atomic mass is 32.1. The maximum absolute atomic E-state index is 12.3. The van der Waals surface area contributed by atoms with Crippen LogP contribution in [-0.2, 0) is 11.2 Å². The fourth-order valence-corrected chi connectivity index (χ4v) is 3.63. The lowest BCUT2D eigenvalue weighted by atomic mass is 10.1. The SMILES string of the molecule is CCOc1ccc(-c2cn3c(CC(=O)Nc4cc(C)no4)csc3n2)cc1. The van der Waals surface area contributed by atoms with E-state index >= 15 is 0 Å². The molecule has 0 aliphatic carbocycles. The van der Waals surface area contributed by atoms with Crippen molar-refractivity contribution in [2.75, 3.05) is 11.9 Å². The highest BCUT2D eigenvalue weighted by Crippen LogP contribution is 2.25. The predicted molar refractivity (Wildman–Crippen MR) is 103 cm³/mol. The summed E-state index contributed by atoms with van der Waals surface area (Å²) in [7, 11) is 0. The number of nitrogens with one attached hydrogen (secondary N) is 1. The Morgan fingerprint density at radius 3 is 2.85 bits per heavy atom. The van der Waals surface area contributed by atoms with Crippen molar-refractivity contribution in [1.82, 2.24) is 14.5 Å². The lowest BCUT2D eigenvalue weighted by Crippen LogP contribution is -2.14. The van der Waals surface area contributed by atoms with E-state index in [1.165, 1.54) is 11.3 Å². The number of nitrogens with zero attached hydrogens (tertiary/aromatic N) is 3. The molecule has 3 aromatic heterocycles. The molecule has 8 heteroatoms. The summed E-state index contributed by atoms with van der Waals surface area (Å²) in [5.41, 5.74) is 3.45. The molecule has 1 amide bonds. The first-order valence-electron chi connectivity index (χ1n) is 8.54. The van der Waals surface area contributed by atoms with Crippen LogP contribution in [0.3, 0.4) is 0 Å². The van der Waals surface area contributed by atoms with Crippen LogP contribution in [0.2, 0.25) is 0 Å². The van der Waals surface area contributed by atoms with Gasteiger partial charge in [-0.1, -0.05) is 5.16 Å². The van der Waals surface area contributed by atoms with Crippen molar-refractivity contribution >= 4 is 28.1 Å². The summed E-state index contributed by atoms with van der Waals surface area (Å²) in [5, 5.41) is 8.41. The average molecular weight is 382 g/mol. The van der Waals surface area contributed by atoms with Gasteiger partial charge in [0.15, 0.2) is 4.96 Å². The number of imidazole rings is 1. The summed E-state index contributed by atoms with van der Waals surface area (Å²) >= 11 is 1.50. The standard InChI is InChI=1S/C19H18N4O3S/c1-3-25-15-6-4-13(5-7-15)16-10-23-14(11-27-19(23)20-16)9-17(24)21-18-8-12(2)22-26-18/h4-8,10-11H,3,9H2,1-2H3,(H,21,24). The van der Waals surface area contributed by atoms with Gasteiger partial charge < -0.3 is 9.26 Å². The molecular weight excluding hydrogens is 364 g/mol. The molecule has 0 saturated carbocycles. The van der Waals surface area contributed by atoms with Gasteiger partial charge in [0.25, 0.3) is 0 Å². The van der Waals surface area contributed by atoms with Crippen molar-refractivity contribution in [2.24, 2.45) is 0 Å². The molecule has 0 aliphatic heterocycles. The monoisotopic (exact) mass is 382 g/mol. The summed E-state index contributed by atoms with van der Waals surface area (Å²) in [6.07, 6.45) is 2.17. The molecule has 0 atom stereocenters. The van der Waals surface area contributed by atoms with Gasteiger partial charge in [-0.05, 0) is 38.1 Å². The van der Waals surface area contributed by atoms with Crippen molar-refractivity contribution in [2.45, 2.75) is 20.3 Å². The third-order valence-electron chi connectivity index (χ3n) is 3.98. The lowest BCUT2D eigenvalue weighted by Gasteiger charge is -2.03. The normalized spacial score (nSPS) is 11.0. The molecule has 0 fully saturated rings. The maximum atomic E-state index is 12.3. The van der Waals surface area contributed by atoms with E-state index in [-0.39, 0.29) is 12.3 Å². The number of hydrogen-bond donors (Lipinski definition) is 1. The van der Waals surface area contributed by atoms with Crippen LogP contribution >= 0.6 is 11.3 Å². The van der Waals surface area contributed by atoms with E-state index in [1.54, 1.807) is 13.0 Å². The number of hydrogen-bond acceptors (Lipinski definition) is 6. The number of amides is 1. The van der Waals surface area contributed by atoms with Gasteiger partial charge in [-0.2, -0.15) is 0 Å². The van der Waals surface area contributed by atoms with Gasteiger partial charge in [-0.15, -0.1) is 11.3 Å². The van der Waals surface area contributed by atoms with E-state index < -0.39 is 0 Å². The third kappa shape index (κ3) is 3.70. The van der Waals surface area contributed by atoms with E-state index in [1.807, 2.05) is 47.2 Å². The second-order valence-electron chi connectivity index (χ2n) is 6.02. The van der Waals surface area contributed by atoms with Crippen LogP contribution < -0.4 is 10.1 Å². The first-order chi connectivity index (χ1) is 13.1. The number of ether oxygens (including phenoxy) is 1. The molecule has 1 N–H and O–H groups in total. The fourth-order valence-electron chi connectivity index (χ4n) is 2.75. The van der Waals surface area contributed by atoms with Crippen molar-refractivity contribution < 1.29 is 14.1 Å². The molecule has 0 saturated heterocycles. The molecule has 27 heavy (non-hydrogen) atoms. The minimum atomic E-state index is -0.165. The Kier molecular flexibility index (Phi) is 4.64. The summed E-state index contributed by atoms with van der Waals surface area (Å²) in [4.78, 5) is 17.8. The first kappa shape index (κ1) is 17.3. The summed E-state index contributed by atoms with van der Waals surface area (Å²) in [6.45, 7) is 4.40. The minimum absolute atomic E-state index is 0.165. The quantitative estimate of drug-likeness (QED) is 0.546. The molecule has 0 unspecified atom stereocenters. The van der Waals surface area contributed by atoms with Crippen molar-refractivity contribution in [3.05, 3.63) is 53.3 Å². The van der Waals surface area contributed by atoms with Gasteiger partial charge in [0.2, 0.25) is 11.8 Å². The number of thiazole rings is 1. The Bertz CT molecular complexity index is 1080. The lowest BCUT2D eigenvalue weighted by molar-refractivity contribution is -0.115. The number of carbonyl (C=O) groups is 1. The molecule has 3 heterocycles. The summed E-state index contributed by atoms with van der Waals surface area (Å²) < 4.78 is 12.4. The van der Waals surface area contributed by atoms with Gasteiger partial charge in [-0.3, -0.25) is 14.5 Å². The fraction of sp³-hybridized carbons (Fsp3) is 0.211. The highest BCUT2D eigenvalue weighted by molar-refractivity contribution is 7.15. The molecule has 0 spiro atoms. The molecule has 1 aromatic carbocycles. The predicted octanol–water partition coefficient (Wildman–Crippen LogP) is 3.94. The van der Waals surface area contributed by atoms with Crippen LogP contribution in [0.1, 0.15) is 18.3 Å². The Morgan fingerprint density at radius 2 is 2.15 bits per heavy atom. The molecule has 4 rings (SSSR count). The Balaban J connectivity index is 1.52. The van der Waals surface area contributed by atoms with Crippen molar-refractivity contribution in [3.63, 3.8) is 0 Å². The number of fused-ring (bicyclic) bond motifs is 1. The van der Waals surface area contributed by atoms with Crippen LogP contribution in [0.25, 0.3) is 16.2 Å². The van der Waals surface area contributed by atoms with Crippen LogP contribution in [0.15, 0.2) is 46.4 Å². The zero-order valence-corrected chi connectivity index (χ0v) is 15.7. The Labute approximate surface area is 159 Å². The second-order valence-corrected chi connectivity index (χ2v) is 6.86. The molecule has 7 nitrogen and oxygen atoms in total. The molecule has 138 valence electrons.